The lowest BCUT2D eigenvalue weighted by molar-refractivity contribution is -0.144. The third-order valence-corrected chi connectivity index (χ3v) is 6.24. The zero-order valence-electron chi connectivity index (χ0n) is 15.9. The highest BCUT2D eigenvalue weighted by atomic mass is 32.2. The average Bonchev–Trinajstić information content (AvgIpc) is 3.26. The van der Waals surface area contributed by atoms with Crippen LogP contribution in [0.1, 0.15) is 19.4 Å². The summed E-state index contributed by atoms with van der Waals surface area (Å²) in [4.78, 5) is 29.9. The summed E-state index contributed by atoms with van der Waals surface area (Å²) in [6.07, 6.45) is 0. The van der Waals surface area contributed by atoms with Gasteiger partial charge in [0.15, 0.2) is 11.0 Å². The van der Waals surface area contributed by atoms with Crippen molar-refractivity contribution in [3.05, 3.63) is 59.5 Å². The van der Waals surface area contributed by atoms with Crippen molar-refractivity contribution in [1.29, 1.82) is 5.26 Å². The van der Waals surface area contributed by atoms with E-state index in [1.807, 2.05) is 53.9 Å². The number of pyridine rings is 1. The largest absolute Gasteiger partial charge is 0.465 e. The predicted molar refractivity (Wildman–Crippen MR) is 115 cm³/mol. The molecule has 0 aliphatic carbocycles. The maximum atomic E-state index is 12.3. The van der Waals surface area contributed by atoms with E-state index in [0.29, 0.717) is 16.3 Å². The summed E-state index contributed by atoms with van der Waals surface area (Å²) in [5.41, 5.74) is 2.62. The Morgan fingerprint density at radius 3 is 2.59 bits per heavy atom. The van der Waals surface area contributed by atoms with Gasteiger partial charge in [-0.25, -0.2) is 4.98 Å². The van der Waals surface area contributed by atoms with Gasteiger partial charge in [-0.1, -0.05) is 48.2 Å². The van der Waals surface area contributed by atoms with Crippen molar-refractivity contribution in [2.45, 2.75) is 24.1 Å². The number of hydrogen-bond donors (Lipinski definition) is 0. The molecule has 3 aromatic rings. The van der Waals surface area contributed by atoms with Gasteiger partial charge in [-0.15, -0.1) is 11.3 Å². The molecule has 7 heteroatoms. The summed E-state index contributed by atoms with van der Waals surface area (Å²) < 4.78 is 5.04. The van der Waals surface area contributed by atoms with E-state index in [1.54, 1.807) is 6.92 Å². The fourth-order valence-electron chi connectivity index (χ4n) is 2.72. The first kappa shape index (κ1) is 20.8. The molecule has 1 atom stereocenters. The van der Waals surface area contributed by atoms with Gasteiger partial charge in [0.05, 0.1) is 17.9 Å². The number of nitrogens with zero attached hydrogens (tertiary/aromatic N) is 2. The first-order chi connectivity index (χ1) is 14.0. The first-order valence-electron chi connectivity index (χ1n) is 8.93. The molecule has 0 aliphatic heterocycles. The number of ether oxygens (including phenoxy) is 1. The summed E-state index contributed by atoms with van der Waals surface area (Å²) in [5.74, 6) is -0.972. The molecule has 0 saturated heterocycles. The summed E-state index contributed by atoms with van der Waals surface area (Å²) in [5, 5.41) is 11.1. The van der Waals surface area contributed by atoms with Gasteiger partial charge in [0, 0.05) is 16.0 Å². The van der Waals surface area contributed by atoms with Crippen molar-refractivity contribution in [3.8, 4) is 27.8 Å². The second-order valence-corrected chi connectivity index (χ2v) is 8.09. The van der Waals surface area contributed by atoms with Crippen molar-refractivity contribution < 1.29 is 14.3 Å². The van der Waals surface area contributed by atoms with E-state index in [0.717, 1.165) is 27.8 Å². The van der Waals surface area contributed by atoms with Gasteiger partial charge in [0.25, 0.3) is 0 Å². The normalized spacial score (nSPS) is 11.5. The van der Waals surface area contributed by atoms with Gasteiger partial charge in [-0.05, 0) is 31.4 Å². The Morgan fingerprint density at radius 2 is 2.00 bits per heavy atom. The molecule has 2 heterocycles. The highest BCUT2D eigenvalue weighted by molar-refractivity contribution is 8.01. The maximum Gasteiger partial charge on any atom is 0.327 e. The Morgan fingerprint density at radius 1 is 1.24 bits per heavy atom. The predicted octanol–water partition coefficient (Wildman–Crippen LogP) is 4.96. The highest BCUT2D eigenvalue weighted by Crippen LogP contribution is 2.37. The average molecular weight is 423 g/mol. The van der Waals surface area contributed by atoms with Gasteiger partial charge in [-0.3, -0.25) is 9.59 Å². The molecule has 0 bridgehead atoms. The number of hydrogen-bond acceptors (Lipinski definition) is 7. The minimum absolute atomic E-state index is 0.173. The van der Waals surface area contributed by atoms with E-state index in [4.69, 9.17) is 4.74 Å². The molecule has 0 fully saturated rings. The molecule has 29 heavy (non-hydrogen) atoms. The number of nitriles is 1. The van der Waals surface area contributed by atoms with Gasteiger partial charge in [-0.2, -0.15) is 5.26 Å². The Balaban J connectivity index is 2.16. The molecular formula is C22H18N2O3S2. The van der Waals surface area contributed by atoms with Gasteiger partial charge < -0.3 is 4.74 Å². The molecule has 2 aromatic heterocycles. The second-order valence-electron chi connectivity index (χ2n) is 6.05. The van der Waals surface area contributed by atoms with Crippen molar-refractivity contribution >= 4 is 34.9 Å². The van der Waals surface area contributed by atoms with Crippen LogP contribution in [-0.2, 0) is 14.3 Å². The summed E-state index contributed by atoms with van der Waals surface area (Å²) in [7, 11) is 0. The van der Waals surface area contributed by atoms with E-state index in [9.17, 15) is 14.9 Å². The number of Topliss-reactive ketones (excluding diaryl/α,β-unsaturated/α-hetero) is 1. The quantitative estimate of drug-likeness (QED) is 0.304. The molecule has 0 aliphatic rings. The second kappa shape index (κ2) is 9.50. The van der Waals surface area contributed by atoms with Crippen LogP contribution in [-0.4, -0.2) is 28.6 Å². The molecule has 5 nitrogen and oxygen atoms in total. The SMILES string of the molecule is CCOC(=O)C(Sc1nc(-c2ccccc2)cc(-c2cccs2)c1C#N)C(C)=O. The number of benzene rings is 1. The number of carbonyl (C=O) groups is 2. The number of ketones is 1. The monoisotopic (exact) mass is 422 g/mol. The third kappa shape index (κ3) is 4.73. The molecule has 3 rings (SSSR count). The smallest absolute Gasteiger partial charge is 0.327 e. The Hall–Kier alpha value is -2.95. The van der Waals surface area contributed by atoms with Crippen molar-refractivity contribution in [2.75, 3.05) is 6.61 Å². The molecule has 1 aromatic carbocycles. The lowest BCUT2D eigenvalue weighted by Gasteiger charge is -2.15. The Bertz CT molecular complexity index is 1060. The van der Waals surface area contributed by atoms with Crippen LogP contribution in [0.15, 0.2) is 58.9 Å². The lowest BCUT2D eigenvalue weighted by atomic mass is 10.0. The third-order valence-electron chi connectivity index (χ3n) is 4.05. The van der Waals surface area contributed by atoms with Crippen molar-refractivity contribution in [2.24, 2.45) is 0 Å². The Kier molecular flexibility index (Phi) is 6.81. The number of carbonyl (C=O) groups excluding carboxylic acids is 2. The van der Waals surface area contributed by atoms with Crippen molar-refractivity contribution in [1.82, 2.24) is 4.98 Å². The lowest BCUT2D eigenvalue weighted by Crippen LogP contribution is -2.27. The topological polar surface area (TPSA) is 80.0 Å². The zero-order valence-corrected chi connectivity index (χ0v) is 17.5. The van der Waals surface area contributed by atoms with Crippen LogP contribution < -0.4 is 0 Å². The first-order valence-corrected chi connectivity index (χ1v) is 10.7. The van der Waals surface area contributed by atoms with E-state index in [-0.39, 0.29) is 12.4 Å². The molecule has 146 valence electrons. The molecule has 0 spiro atoms. The van der Waals surface area contributed by atoms with Crippen LogP contribution in [0.5, 0.6) is 0 Å². The fourth-order valence-corrected chi connectivity index (χ4v) is 4.45. The van der Waals surface area contributed by atoms with Crippen LogP contribution in [0.2, 0.25) is 0 Å². The van der Waals surface area contributed by atoms with Crippen molar-refractivity contribution in [3.63, 3.8) is 0 Å². The minimum Gasteiger partial charge on any atom is -0.465 e. The molecule has 1 unspecified atom stereocenters. The van der Waals surface area contributed by atoms with E-state index >= 15 is 0 Å². The van der Waals surface area contributed by atoms with Crippen LogP contribution >= 0.6 is 23.1 Å². The van der Waals surface area contributed by atoms with E-state index < -0.39 is 11.2 Å². The number of rotatable bonds is 7. The van der Waals surface area contributed by atoms with Gasteiger partial charge in [0.2, 0.25) is 0 Å². The van der Waals surface area contributed by atoms with Crippen LogP contribution in [0.4, 0.5) is 0 Å². The molecule has 0 radical (unpaired) electrons. The van der Waals surface area contributed by atoms with E-state index in [2.05, 4.69) is 11.1 Å². The minimum atomic E-state index is -1.07. The standard InChI is InChI=1S/C22H18N2O3S2/c1-3-27-22(26)20(14(2)25)29-21-17(13-23)16(19-10-7-11-28-19)12-18(24-21)15-8-5-4-6-9-15/h4-12,20H,3H2,1-2H3. The number of aromatic nitrogens is 1. The van der Waals surface area contributed by atoms with Crippen LogP contribution in [0.3, 0.4) is 0 Å². The highest BCUT2D eigenvalue weighted by Gasteiger charge is 2.29. The maximum absolute atomic E-state index is 12.3. The summed E-state index contributed by atoms with van der Waals surface area (Å²) in [6.45, 7) is 3.19. The molecule has 0 N–H and O–H groups in total. The van der Waals surface area contributed by atoms with Crippen LogP contribution in [0, 0.1) is 11.3 Å². The van der Waals surface area contributed by atoms with E-state index in [1.165, 1.54) is 18.3 Å². The van der Waals surface area contributed by atoms with Crippen LogP contribution in [0.25, 0.3) is 21.7 Å². The summed E-state index contributed by atoms with van der Waals surface area (Å²) in [6, 6.07) is 17.5. The molecular weight excluding hydrogens is 404 g/mol. The van der Waals surface area contributed by atoms with Gasteiger partial charge in [0.1, 0.15) is 11.1 Å². The number of thiophene rings is 1. The number of esters is 1. The molecule has 0 saturated carbocycles. The zero-order chi connectivity index (χ0) is 20.8. The Labute approximate surface area is 177 Å². The van der Waals surface area contributed by atoms with Gasteiger partial charge >= 0.3 is 5.97 Å². The molecule has 0 amide bonds. The number of thioether (sulfide) groups is 1. The fraction of sp³-hybridized carbons (Fsp3) is 0.182. The summed E-state index contributed by atoms with van der Waals surface area (Å²) >= 11 is 2.47.